The topological polar surface area (TPSA) is 50.2 Å². The Kier molecular flexibility index (Phi) is 6.60. The Bertz CT molecular complexity index is 913. The number of benzene rings is 2. The van der Waals surface area contributed by atoms with Crippen LogP contribution in [0, 0.1) is 11.6 Å². The lowest BCUT2D eigenvalue weighted by Crippen LogP contribution is -2.36. The second kappa shape index (κ2) is 9.32. The molecule has 2 aromatic carbocycles. The molecular formula is C20H19ClF2N4O. The molecule has 1 N–H and O–H groups in total. The number of amides is 2. The summed E-state index contributed by atoms with van der Waals surface area (Å²) in [5.74, 6) is -0.938. The van der Waals surface area contributed by atoms with Crippen LogP contribution < -0.4 is 5.32 Å². The van der Waals surface area contributed by atoms with E-state index in [0.717, 1.165) is 0 Å². The second-order valence-electron chi connectivity index (χ2n) is 6.22. The minimum absolute atomic E-state index is 0.00339. The Balaban J connectivity index is 1.73. The summed E-state index contributed by atoms with van der Waals surface area (Å²) < 4.78 is 29.5. The lowest BCUT2D eigenvalue weighted by Gasteiger charge is -2.24. The predicted molar refractivity (Wildman–Crippen MR) is 104 cm³/mol. The lowest BCUT2D eigenvalue weighted by atomic mass is 10.2. The molecule has 5 nitrogen and oxygen atoms in total. The number of aromatic nitrogens is 2. The van der Waals surface area contributed by atoms with Crippen LogP contribution in [0.1, 0.15) is 12.0 Å². The largest absolute Gasteiger partial charge is 0.337 e. The van der Waals surface area contributed by atoms with E-state index >= 15 is 0 Å². The number of hydrogen-bond acceptors (Lipinski definition) is 2. The number of carbonyl (C=O) groups is 1. The van der Waals surface area contributed by atoms with Gasteiger partial charge in [0.05, 0.1) is 12.9 Å². The Labute approximate surface area is 166 Å². The standard InChI is InChI=1S/C20H19ClF2N4O/c21-18-6-2-7-19(23)17(18)13-27(10-3-9-26-11-8-24-14-26)20(28)25-16-5-1-4-15(22)12-16/h1-2,4-8,11-12,14H,3,9-10,13H2,(H,25,28). The maximum atomic E-state index is 14.2. The molecular weight excluding hydrogens is 386 g/mol. The first-order valence-corrected chi connectivity index (χ1v) is 9.11. The number of anilines is 1. The van der Waals surface area contributed by atoms with Crippen LogP contribution in [0.3, 0.4) is 0 Å². The van der Waals surface area contributed by atoms with Crippen LogP contribution in [0.2, 0.25) is 5.02 Å². The Morgan fingerprint density at radius 3 is 2.75 bits per heavy atom. The van der Waals surface area contributed by atoms with Crippen molar-refractivity contribution >= 4 is 23.3 Å². The zero-order valence-electron chi connectivity index (χ0n) is 15.0. The number of halogens is 3. The van der Waals surface area contributed by atoms with Crippen molar-refractivity contribution in [3.63, 3.8) is 0 Å². The lowest BCUT2D eigenvalue weighted by molar-refractivity contribution is 0.206. The summed E-state index contributed by atoms with van der Waals surface area (Å²) in [6.45, 7) is 0.995. The van der Waals surface area contributed by atoms with Crippen LogP contribution in [0.15, 0.2) is 61.2 Å². The summed E-state index contributed by atoms with van der Waals surface area (Å²) in [7, 11) is 0. The highest BCUT2D eigenvalue weighted by atomic mass is 35.5. The molecule has 0 bridgehead atoms. The minimum Gasteiger partial charge on any atom is -0.337 e. The Morgan fingerprint density at radius 1 is 1.21 bits per heavy atom. The molecule has 0 fully saturated rings. The molecule has 146 valence electrons. The van der Waals surface area contributed by atoms with Crippen molar-refractivity contribution in [2.75, 3.05) is 11.9 Å². The van der Waals surface area contributed by atoms with Crippen LogP contribution in [0.5, 0.6) is 0 Å². The van der Waals surface area contributed by atoms with E-state index in [4.69, 9.17) is 11.6 Å². The SMILES string of the molecule is O=C(Nc1cccc(F)c1)N(CCCn1ccnc1)Cc1c(F)cccc1Cl. The molecule has 0 spiro atoms. The highest BCUT2D eigenvalue weighted by Crippen LogP contribution is 2.21. The van der Waals surface area contributed by atoms with Gasteiger partial charge in [0.25, 0.3) is 0 Å². The van der Waals surface area contributed by atoms with Gasteiger partial charge in [-0.1, -0.05) is 23.7 Å². The fourth-order valence-electron chi connectivity index (χ4n) is 2.76. The van der Waals surface area contributed by atoms with Crippen LogP contribution in [-0.4, -0.2) is 27.0 Å². The van der Waals surface area contributed by atoms with Gasteiger partial charge in [0, 0.05) is 41.8 Å². The minimum atomic E-state index is -0.481. The van der Waals surface area contributed by atoms with Crippen molar-refractivity contribution in [2.45, 2.75) is 19.5 Å². The highest BCUT2D eigenvalue weighted by Gasteiger charge is 2.18. The summed E-state index contributed by atoms with van der Waals surface area (Å²) in [5, 5.41) is 2.90. The van der Waals surface area contributed by atoms with Gasteiger partial charge in [-0.15, -0.1) is 0 Å². The fourth-order valence-corrected chi connectivity index (χ4v) is 2.98. The van der Waals surface area contributed by atoms with Gasteiger partial charge in [-0.2, -0.15) is 0 Å². The smallest absolute Gasteiger partial charge is 0.322 e. The number of hydrogen-bond donors (Lipinski definition) is 1. The number of imidazole rings is 1. The number of aryl methyl sites for hydroxylation is 1. The molecule has 1 heterocycles. The quantitative estimate of drug-likeness (QED) is 0.606. The number of rotatable bonds is 7. The average Bonchev–Trinajstić information content (AvgIpc) is 3.17. The van der Waals surface area contributed by atoms with Gasteiger partial charge >= 0.3 is 6.03 Å². The summed E-state index contributed by atoms with van der Waals surface area (Å²) in [4.78, 5) is 18.2. The van der Waals surface area contributed by atoms with Gasteiger partial charge in [0.1, 0.15) is 11.6 Å². The predicted octanol–water partition coefficient (Wildman–Crippen LogP) is 4.94. The molecule has 3 rings (SSSR count). The van der Waals surface area contributed by atoms with Crippen molar-refractivity contribution in [2.24, 2.45) is 0 Å². The van der Waals surface area contributed by atoms with Gasteiger partial charge in [-0.25, -0.2) is 18.6 Å². The van der Waals surface area contributed by atoms with Crippen molar-refractivity contribution in [3.05, 3.63) is 83.4 Å². The molecule has 0 aliphatic carbocycles. The fraction of sp³-hybridized carbons (Fsp3) is 0.200. The Hall–Kier alpha value is -2.93. The van der Waals surface area contributed by atoms with Crippen molar-refractivity contribution in [3.8, 4) is 0 Å². The molecule has 0 saturated heterocycles. The van der Waals surface area contributed by atoms with E-state index in [2.05, 4.69) is 10.3 Å². The van der Waals surface area contributed by atoms with E-state index in [-0.39, 0.29) is 17.1 Å². The van der Waals surface area contributed by atoms with Gasteiger partial charge in [-0.05, 0) is 36.8 Å². The third-order valence-corrected chi connectivity index (χ3v) is 4.53. The molecule has 28 heavy (non-hydrogen) atoms. The molecule has 0 radical (unpaired) electrons. The van der Waals surface area contributed by atoms with Crippen molar-refractivity contribution in [1.29, 1.82) is 0 Å². The third kappa shape index (κ3) is 5.29. The van der Waals surface area contributed by atoms with Gasteiger partial charge in [0.15, 0.2) is 0 Å². The van der Waals surface area contributed by atoms with E-state index in [1.165, 1.54) is 35.2 Å². The third-order valence-electron chi connectivity index (χ3n) is 4.18. The molecule has 3 aromatic rings. The molecule has 0 aliphatic heterocycles. The number of urea groups is 1. The molecule has 8 heteroatoms. The molecule has 0 aliphatic rings. The first-order valence-electron chi connectivity index (χ1n) is 8.73. The summed E-state index contributed by atoms with van der Waals surface area (Å²) in [6.07, 6.45) is 5.81. The molecule has 2 amide bonds. The molecule has 1 aromatic heterocycles. The van der Waals surface area contributed by atoms with E-state index in [9.17, 15) is 13.6 Å². The highest BCUT2D eigenvalue weighted by molar-refractivity contribution is 6.31. The molecule has 0 saturated carbocycles. The zero-order valence-corrected chi connectivity index (χ0v) is 15.7. The monoisotopic (exact) mass is 404 g/mol. The summed E-state index contributed by atoms with van der Waals surface area (Å²) >= 11 is 6.11. The summed E-state index contributed by atoms with van der Waals surface area (Å²) in [5.41, 5.74) is 0.561. The Morgan fingerprint density at radius 2 is 2.04 bits per heavy atom. The van der Waals surface area contributed by atoms with Gasteiger partial charge < -0.3 is 14.8 Å². The zero-order chi connectivity index (χ0) is 19.9. The number of carbonyl (C=O) groups excluding carboxylic acids is 1. The molecule has 0 atom stereocenters. The normalized spacial score (nSPS) is 10.7. The maximum Gasteiger partial charge on any atom is 0.322 e. The average molecular weight is 405 g/mol. The first-order chi connectivity index (χ1) is 13.5. The first kappa shape index (κ1) is 19.8. The van der Waals surface area contributed by atoms with Crippen LogP contribution in [-0.2, 0) is 13.1 Å². The van der Waals surface area contributed by atoms with E-state index in [1.807, 2.05) is 10.8 Å². The van der Waals surface area contributed by atoms with E-state index in [0.29, 0.717) is 25.2 Å². The number of nitrogens with zero attached hydrogens (tertiary/aromatic N) is 3. The maximum absolute atomic E-state index is 14.2. The van der Waals surface area contributed by atoms with Crippen molar-refractivity contribution < 1.29 is 13.6 Å². The number of nitrogens with one attached hydrogen (secondary N) is 1. The van der Waals surface area contributed by atoms with Crippen LogP contribution in [0.4, 0.5) is 19.3 Å². The van der Waals surface area contributed by atoms with E-state index < -0.39 is 17.7 Å². The molecule has 0 unspecified atom stereocenters. The van der Waals surface area contributed by atoms with Gasteiger partial charge in [0.2, 0.25) is 0 Å². The van der Waals surface area contributed by atoms with Crippen molar-refractivity contribution in [1.82, 2.24) is 14.5 Å². The van der Waals surface area contributed by atoms with Crippen LogP contribution in [0.25, 0.3) is 0 Å². The van der Waals surface area contributed by atoms with E-state index in [1.54, 1.807) is 24.7 Å². The summed E-state index contributed by atoms with van der Waals surface area (Å²) in [6, 6.07) is 9.52. The van der Waals surface area contributed by atoms with Gasteiger partial charge in [-0.3, -0.25) is 0 Å². The second-order valence-corrected chi connectivity index (χ2v) is 6.62. The van der Waals surface area contributed by atoms with Crippen LogP contribution >= 0.6 is 11.6 Å².